The number of carbonyl (C=O) groups is 1. The summed E-state index contributed by atoms with van der Waals surface area (Å²) in [5.74, 6) is 0.325. The van der Waals surface area contributed by atoms with E-state index in [1.54, 1.807) is 31.2 Å². The molecule has 2 aromatic carbocycles. The highest BCUT2D eigenvalue weighted by molar-refractivity contribution is 8.18. The standard InChI is InChI=1S/C21H14FN3O4S/c1-12-10-15(25(27)28)6-8-17(12)18-9-7-16(29-18)11-19-20(26)24-21(30-19)23-14-4-2-13(22)3-5-14/h2-11H,1H3,(H,23,24,26)/b19-11-. The van der Waals surface area contributed by atoms with Crippen molar-refractivity contribution >= 4 is 40.3 Å². The summed E-state index contributed by atoms with van der Waals surface area (Å²) in [6, 6.07) is 13.6. The SMILES string of the molecule is Cc1cc([N+](=O)[O-])ccc1-c1ccc(/C=C2\SC(=Nc3ccc(F)cc3)NC2=O)o1. The van der Waals surface area contributed by atoms with Crippen LogP contribution in [0.3, 0.4) is 0 Å². The summed E-state index contributed by atoms with van der Waals surface area (Å²) < 4.78 is 18.8. The molecule has 0 unspecified atom stereocenters. The Labute approximate surface area is 174 Å². The van der Waals surface area contributed by atoms with Crippen molar-refractivity contribution in [3.8, 4) is 11.3 Å². The van der Waals surface area contributed by atoms with Crippen molar-refractivity contribution in [3.05, 3.63) is 86.8 Å². The molecule has 1 aliphatic rings. The number of nitrogens with one attached hydrogen (secondary N) is 1. The fraction of sp³-hybridized carbons (Fsp3) is 0.0476. The van der Waals surface area contributed by atoms with E-state index in [1.165, 1.54) is 36.4 Å². The molecule has 0 atom stereocenters. The van der Waals surface area contributed by atoms with E-state index in [2.05, 4.69) is 10.3 Å². The van der Waals surface area contributed by atoms with Gasteiger partial charge in [-0.1, -0.05) is 0 Å². The van der Waals surface area contributed by atoms with Crippen molar-refractivity contribution in [1.82, 2.24) is 5.32 Å². The number of amidine groups is 1. The van der Waals surface area contributed by atoms with Crippen molar-refractivity contribution in [3.63, 3.8) is 0 Å². The van der Waals surface area contributed by atoms with Gasteiger partial charge in [0.2, 0.25) is 0 Å². The Morgan fingerprint density at radius 1 is 1.17 bits per heavy atom. The number of nitro groups is 1. The Morgan fingerprint density at radius 3 is 2.63 bits per heavy atom. The number of non-ortho nitro benzene ring substituents is 1. The second kappa shape index (κ2) is 7.96. The molecular formula is C21H14FN3O4S. The van der Waals surface area contributed by atoms with Crippen LogP contribution < -0.4 is 5.32 Å². The number of carbonyl (C=O) groups excluding carboxylic acids is 1. The van der Waals surface area contributed by atoms with Crippen molar-refractivity contribution in [2.45, 2.75) is 6.92 Å². The van der Waals surface area contributed by atoms with Crippen LogP contribution >= 0.6 is 11.8 Å². The number of nitro benzene ring substituents is 1. The van der Waals surface area contributed by atoms with Crippen LogP contribution in [0.25, 0.3) is 17.4 Å². The maximum Gasteiger partial charge on any atom is 0.269 e. The normalized spacial score (nSPS) is 16.3. The van der Waals surface area contributed by atoms with Crippen LogP contribution in [0.1, 0.15) is 11.3 Å². The highest BCUT2D eigenvalue weighted by Crippen LogP contribution is 2.32. The molecule has 1 amide bonds. The average molecular weight is 423 g/mol. The molecule has 7 nitrogen and oxygen atoms in total. The molecule has 3 aromatic rings. The van der Waals surface area contributed by atoms with Crippen LogP contribution in [0.5, 0.6) is 0 Å². The maximum atomic E-state index is 13.0. The quantitative estimate of drug-likeness (QED) is 0.354. The smallest absolute Gasteiger partial charge is 0.269 e. The van der Waals surface area contributed by atoms with Gasteiger partial charge in [-0.2, -0.15) is 0 Å². The van der Waals surface area contributed by atoms with Gasteiger partial charge >= 0.3 is 0 Å². The number of hydrogen-bond donors (Lipinski definition) is 1. The summed E-state index contributed by atoms with van der Waals surface area (Å²) in [5, 5.41) is 13.9. The van der Waals surface area contributed by atoms with Gasteiger partial charge in [0.1, 0.15) is 17.3 Å². The van der Waals surface area contributed by atoms with E-state index >= 15 is 0 Å². The highest BCUT2D eigenvalue weighted by atomic mass is 32.2. The largest absolute Gasteiger partial charge is 0.457 e. The number of rotatable bonds is 4. The molecule has 0 radical (unpaired) electrons. The predicted octanol–water partition coefficient (Wildman–Crippen LogP) is 5.19. The highest BCUT2D eigenvalue weighted by Gasteiger charge is 2.24. The zero-order valence-corrected chi connectivity index (χ0v) is 16.4. The van der Waals surface area contributed by atoms with Crippen molar-refractivity contribution in [1.29, 1.82) is 0 Å². The summed E-state index contributed by atoms with van der Waals surface area (Å²) in [5.41, 5.74) is 1.97. The van der Waals surface area contributed by atoms with E-state index in [-0.39, 0.29) is 17.4 Å². The Kier molecular flexibility index (Phi) is 5.20. The number of benzene rings is 2. The van der Waals surface area contributed by atoms with Crippen LogP contribution in [0.2, 0.25) is 0 Å². The van der Waals surface area contributed by atoms with Crippen LogP contribution in [0.4, 0.5) is 15.8 Å². The fourth-order valence-electron chi connectivity index (χ4n) is 2.86. The molecule has 4 rings (SSSR count). The van der Waals surface area contributed by atoms with Gasteiger partial charge in [-0.3, -0.25) is 14.9 Å². The molecule has 1 aromatic heterocycles. The topological polar surface area (TPSA) is 97.7 Å². The van der Waals surface area contributed by atoms with Crippen LogP contribution in [-0.2, 0) is 4.79 Å². The second-order valence-corrected chi connectivity index (χ2v) is 7.45. The first-order chi connectivity index (χ1) is 14.4. The van der Waals surface area contributed by atoms with Gasteiger partial charge in [0.15, 0.2) is 5.17 Å². The fourth-order valence-corrected chi connectivity index (χ4v) is 3.68. The molecule has 0 aliphatic carbocycles. The van der Waals surface area contributed by atoms with Gasteiger partial charge < -0.3 is 9.73 Å². The summed E-state index contributed by atoms with van der Waals surface area (Å²) in [7, 11) is 0. The molecule has 0 spiro atoms. The van der Waals surface area contributed by atoms with E-state index in [9.17, 15) is 19.3 Å². The number of aryl methyl sites for hydroxylation is 1. The summed E-state index contributed by atoms with van der Waals surface area (Å²) in [4.78, 5) is 27.3. The Morgan fingerprint density at radius 2 is 1.93 bits per heavy atom. The monoisotopic (exact) mass is 423 g/mol. The summed E-state index contributed by atoms with van der Waals surface area (Å²) >= 11 is 1.15. The lowest BCUT2D eigenvalue weighted by atomic mass is 10.1. The molecule has 2 heterocycles. The van der Waals surface area contributed by atoms with Crippen LogP contribution in [-0.4, -0.2) is 16.0 Å². The first kappa shape index (κ1) is 19.6. The second-order valence-electron chi connectivity index (χ2n) is 6.42. The van der Waals surface area contributed by atoms with E-state index in [4.69, 9.17) is 4.42 Å². The van der Waals surface area contributed by atoms with E-state index in [1.807, 2.05) is 0 Å². The molecule has 9 heteroatoms. The van der Waals surface area contributed by atoms with Gasteiger partial charge in [-0.25, -0.2) is 9.38 Å². The third-order valence-electron chi connectivity index (χ3n) is 4.29. The minimum absolute atomic E-state index is 0.0112. The van der Waals surface area contributed by atoms with Gasteiger partial charge in [-0.15, -0.1) is 0 Å². The van der Waals surface area contributed by atoms with Crippen LogP contribution in [0.15, 0.2) is 68.9 Å². The van der Waals surface area contributed by atoms with E-state index < -0.39 is 4.92 Å². The van der Waals surface area contributed by atoms with Gasteiger partial charge in [0.05, 0.1) is 15.5 Å². The third-order valence-corrected chi connectivity index (χ3v) is 5.20. The number of hydrogen-bond acceptors (Lipinski definition) is 6. The number of furan rings is 1. The predicted molar refractivity (Wildman–Crippen MR) is 113 cm³/mol. The summed E-state index contributed by atoms with van der Waals surface area (Å²) in [6.07, 6.45) is 1.59. The Hall–Kier alpha value is -3.72. The molecule has 1 aliphatic heterocycles. The minimum atomic E-state index is -0.449. The molecule has 1 saturated heterocycles. The Balaban J connectivity index is 1.55. The van der Waals surface area contributed by atoms with Gasteiger partial charge in [0.25, 0.3) is 11.6 Å². The molecular weight excluding hydrogens is 409 g/mol. The molecule has 1 fully saturated rings. The maximum absolute atomic E-state index is 13.0. The summed E-state index contributed by atoms with van der Waals surface area (Å²) in [6.45, 7) is 1.77. The van der Waals surface area contributed by atoms with Gasteiger partial charge in [-0.05, 0) is 66.7 Å². The molecule has 0 saturated carbocycles. The van der Waals surface area contributed by atoms with Crippen molar-refractivity contribution in [2.24, 2.45) is 4.99 Å². The number of halogens is 1. The number of amides is 1. The average Bonchev–Trinajstić information content (AvgIpc) is 3.30. The Bertz CT molecular complexity index is 1220. The van der Waals surface area contributed by atoms with E-state index in [0.717, 1.165) is 17.3 Å². The number of thioether (sulfide) groups is 1. The molecule has 30 heavy (non-hydrogen) atoms. The zero-order chi connectivity index (χ0) is 21.3. The van der Waals surface area contributed by atoms with Crippen molar-refractivity contribution in [2.75, 3.05) is 0 Å². The molecule has 1 N–H and O–H groups in total. The number of aliphatic imine (C=N–C) groups is 1. The molecule has 0 bridgehead atoms. The van der Waals surface area contributed by atoms with Crippen molar-refractivity contribution < 1.29 is 18.5 Å². The molecule has 150 valence electrons. The zero-order valence-electron chi connectivity index (χ0n) is 15.6. The van der Waals surface area contributed by atoms with Crippen LogP contribution in [0, 0.1) is 22.9 Å². The van der Waals surface area contributed by atoms with Gasteiger partial charge in [0, 0.05) is 23.8 Å². The first-order valence-corrected chi connectivity index (χ1v) is 9.61. The van der Waals surface area contributed by atoms with E-state index in [0.29, 0.717) is 32.8 Å². The minimum Gasteiger partial charge on any atom is -0.457 e. The number of nitrogens with zero attached hydrogens (tertiary/aromatic N) is 2. The first-order valence-electron chi connectivity index (χ1n) is 8.79. The lowest BCUT2D eigenvalue weighted by Crippen LogP contribution is -2.19. The lowest BCUT2D eigenvalue weighted by molar-refractivity contribution is -0.384. The third kappa shape index (κ3) is 4.15. The lowest BCUT2D eigenvalue weighted by Gasteiger charge is -2.02.